The van der Waals surface area contributed by atoms with E-state index in [0.717, 1.165) is 37.5 Å². The summed E-state index contributed by atoms with van der Waals surface area (Å²) in [6.45, 7) is 6.73. The zero-order valence-corrected chi connectivity index (χ0v) is 19.4. The van der Waals surface area contributed by atoms with E-state index in [1.54, 1.807) is 7.11 Å². The number of rotatable bonds is 5. The lowest BCUT2D eigenvalue weighted by Crippen LogP contribution is -2.80. The Labute approximate surface area is 190 Å². The van der Waals surface area contributed by atoms with Crippen molar-refractivity contribution in [1.29, 1.82) is 0 Å². The number of aryl methyl sites for hydroxylation is 1. The fourth-order valence-corrected chi connectivity index (χ4v) is 8.44. The highest BCUT2D eigenvalue weighted by molar-refractivity contribution is 5.78. The maximum absolute atomic E-state index is 13.3. The molecule has 1 aromatic carbocycles. The van der Waals surface area contributed by atoms with Crippen LogP contribution in [0.1, 0.15) is 49.3 Å². The number of likely N-dealkylation sites (tertiary alicyclic amines) is 1. The minimum atomic E-state index is -0.780. The summed E-state index contributed by atoms with van der Waals surface area (Å²) >= 11 is 0. The third-order valence-electron chi connectivity index (χ3n) is 9.89. The van der Waals surface area contributed by atoms with Gasteiger partial charge in [-0.1, -0.05) is 24.3 Å². The molecule has 6 atom stereocenters. The summed E-state index contributed by atoms with van der Waals surface area (Å²) in [6, 6.07) is 4.96. The second-order valence-corrected chi connectivity index (χ2v) is 11.1. The molecule has 2 aliphatic heterocycles. The maximum atomic E-state index is 13.3. The van der Waals surface area contributed by atoms with Crippen LogP contribution in [0.25, 0.3) is 0 Å². The lowest BCUT2D eigenvalue weighted by atomic mass is 9.37. The molecule has 0 aromatic heterocycles. The van der Waals surface area contributed by atoms with E-state index in [1.165, 1.54) is 36.1 Å². The van der Waals surface area contributed by atoms with E-state index in [4.69, 9.17) is 14.2 Å². The molecule has 5 nitrogen and oxygen atoms in total. The molecule has 170 valence electrons. The Hall–Kier alpha value is -1.85. The van der Waals surface area contributed by atoms with Crippen LogP contribution < -0.4 is 4.74 Å². The summed E-state index contributed by atoms with van der Waals surface area (Å²) < 4.78 is 18.8. The Morgan fingerprint density at radius 2 is 2.12 bits per heavy atom. The minimum absolute atomic E-state index is 0.117. The Balaban J connectivity index is 1.47. The number of hydrogen-bond donors (Lipinski definition) is 0. The van der Waals surface area contributed by atoms with Gasteiger partial charge in [0, 0.05) is 30.7 Å². The number of esters is 1. The first-order valence-electron chi connectivity index (χ1n) is 12.5. The van der Waals surface area contributed by atoms with E-state index in [9.17, 15) is 4.79 Å². The van der Waals surface area contributed by atoms with Gasteiger partial charge in [-0.2, -0.15) is 0 Å². The summed E-state index contributed by atoms with van der Waals surface area (Å²) in [5, 5.41) is 0. The van der Waals surface area contributed by atoms with Gasteiger partial charge in [-0.15, -0.1) is 0 Å². The van der Waals surface area contributed by atoms with E-state index < -0.39 is 5.60 Å². The summed E-state index contributed by atoms with van der Waals surface area (Å²) in [5.74, 6) is 1.43. The van der Waals surface area contributed by atoms with Gasteiger partial charge < -0.3 is 14.2 Å². The molecule has 8 rings (SSSR count). The van der Waals surface area contributed by atoms with Crippen molar-refractivity contribution in [3.63, 3.8) is 0 Å². The molecule has 2 spiro atoms. The molecule has 0 N–H and O–H groups in total. The van der Waals surface area contributed by atoms with E-state index in [0.29, 0.717) is 12.6 Å². The van der Waals surface area contributed by atoms with Crippen molar-refractivity contribution in [2.75, 3.05) is 26.8 Å². The quantitative estimate of drug-likeness (QED) is 0.523. The van der Waals surface area contributed by atoms with Crippen molar-refractivity contribution in [3.05, 3.63) is 41.0 Å². The Morgan fingerprint density at radius 3 is 2.88 bits per heavy atom. The number of carbonyl (C=O) groups excluding carboxylic acids is 1. The van der Waals surface area contributed by atoms with Crippen LogP contribution in [-0.4, -0.2) is 55.4 Å². The molecule has 0 amide bonds. The molecule has 2 saturated carbocycles. The van der Waals surface area contributed by atoms with Crippen LogP contribution in [0, 0.1) is 24.2 Å². The van der Waals surface area contributed by atoms with Gasteiger partial charge in [0.2, 0.25) is 0 Å². The average Bonchev–Trinajstić information content (AvgIpc) is 3.54. The molecule has 5 aliphatic carbocycles. The molecular formula is C27H33NO4. The summed E-state index contributed by atoms with van der Waals surface area (Å²) in [4.78, 5) is 16.1. The van der Waals surface area contributed by atoms with Crippen LogP contribution in [0.4, 0.5) is 0 Å². The highest BCUT2D eigenvalue weighted by atomic mass is 16.6. The number of ether oxygens (including phenoxy) is 3. The van der Waals surface area contributed by atoms with Crippen molar-refractivity contribution < 1.29 is 19.0 Å². The minimum Gasteiger partial charge on any atom is -0.485 e. The zero-order chi connectivity index (χ0) is 21.9. The van der Waals surface area contributed by atoms with Crippen molar-refractivity contribution in [2.24, 2.45) is 17.3 Å². The van der Waals surface area contributed by atoms with Crippen LogP contribution in [0.2, 0.25) is 0 Å². The maximum Gasteiger partial charge on any atom is 0.312 e. The number of carbonyl (C=O) groups is 1. The highest BCUT2D eigenvalue weighted by Crippen LogP contribution is 2.74. The lowest BCUT2D eigenvalue weighted by molar-refractivity contribution is -0.223. The van der Waals surface area contributed by atoms with Gasteiger partial charge in [-0.25, -0.2) is 0 Å². The Morgan fingerprint density at radius 1 is 1.28 bits per heavy atom. The lowest BCUT2D eigenvalue weighted by Gasteiger charge is -2.70. The summed E-state index contributed by atoms with van der Waals surface area (Å²) in [6.07, 6.45) is 10.1. The fraction of sp³-hybridized carbons (Fsp3) is 0.667. The third kappa shape index (κ3) is 2.03. The van der Waals surface area contributed by atoms with Crippen molar-refractivity contribution in [2.45, 2.75) is 69.1 Å². The van der Waals surface area contributed by atoms with Crippen LogP contribution >= 0.6 is 0 Å². The first-order valence-corrected chi connectivity index (χ1v) is 12.5. The second kappa shape index (κ2) is 6.18. The molecule has 0 unspecified atom stereocenters. The van der Waals surface area contributed by atoms with Crippen molar-refractivity contribution in [3.8, 4) is 5.75 Å². The Kier molecular flexibility index (Phi) is 3.78. The molecule has 1 saturated heterocycles. The molecule has 7 aliphatic rings. The van der Waals surface area contributed by atoms with Gasteiger partial charge >= 0.3 is 5.97 Å². The molecule has 3 fully saturated rings. The first-order chi connectivity index (χ1) is 15.5. The number of nitrogens with zero attached hydrogens (tertiary/aromatic N) is 1. The summed E-state index contributed by atoms with van der Waals surface area (Å²) in [5.41, 5.74) is 3.05. The number of piperidine rings is 1. The molecule has 32 heavy (non-hydrogen) atoms. The van der Waals surface area contributed by atoms with Crippen LogP contribution in [0.3, 0.4) is 0 Å². The van der Waals surface area contributed by atoms with Gasteiger partial charge in [0.1, 0.15) is 17.5 Å². The van der Waals surface area contributed by atoms with E-state index in [1.807, 2.05) is 6.92 Å². The molecule has 2 heterocycles. The highest BCUT2D eigenvalue weighted by Gasteiger charge is 2.80. The standard InChI is InChI=1S/C27H33NO4/c1-4-31-23(29)19-14-25-9-10-27(19,30-3)24-26(25)11-12-28(15-17-6-7-17)20(25)13-18-8-5-16(2)22(32-24)21(18)26/h5,8-10,17,19-20,24H,4,6-7,11-15H2,1-3H3/t19-,20-,24-,25-,26+,27-/m1/s1. The molecule has 1 aromatic rings. The zero-order valence-electron chi connectivity index (χ0n) is 19.4. The SMILES string of the molecule is CCOC(=O)[C@H]1C[C@@]23C=C[C@]1(OC)[C@@H]1Oc4c(C)ccc5c4[C@@]12CCN(CC1CC1)[C@@H]3C5. The first kappa shape index (κ1) is 19.6. The molecule has 0 radical (unpaired) electrons. The molecular weight excluding hydrogens is 402 g/mol. The Bertz CT molecular complexity index is 1050. The topological polar surface area (TPSA) is 48.0 Å². The largest absolute Gasteiger partial charge is 0.485 e. The molecule has 5 heteroatoms. The number of hydrogen-bond acceptors (Lipinski definition) is 5. The molecule has 4 bridgehead atoms. The predicted octanol–water partition coefficient (Wildman–Crippen LogP) is 3.56. The van der Waals surface area contributed by atoms with Gasteiger partial charge in [-0.3, -0.25) is 9.69 Å². The normalized spacial score (nSPS) is 42.5. The number of methoxy groups -OCH3 is 1. The van der Waals surface area contributed by atoms with Crippen molar-refractivity contribution >= 4 is 5.97 Å². The van der Waals surface area contributed by atoms with Gasteiger partial charge in [0.25, 0.3) is 0 Å². The number of fused-ring (bicyclic) bond motifs is 1. The van der Waals surface area contributed by atoms with Crippen LogP contribution in [0.15, 0.2) is 24.3 Å². The van der Waals surface area contributed by atoms with E-state index in [2.05, 4.69) is 36.1 Å². The number of benzene rings is 1. The fourth-order valence-electron chi connectivity index (χ4n) is 8.44. The smallest absolute Gasteiger partial charge is 0.312 e. The average molecular weight is 436 g/mol. The van der Waals surface area contributed by atoms with Gasteiger partial charge in [0.05, 0.1) is 17.9 Å². The van der Waals surface area contributed by atoms with E-state index in [-0.39, 0.29) is 28.8 Å². The van der Waals surface area contributed by atoms with E-state index >= 15 is 0 Å². The van der Waals surface area contributed by atoms with Crippen LogP contribution in [-0.2, 0) is 26.1 Å². The second-order valence-electron chi connectivity index (χ2n) is 11.1. The summed E-state index contributed by atoms with van der Waals surface area (Å²) in [7, 11) is 1.74. The third-order valence-corrected chi connectivity index (χ3v) is 9.89. The predicted molar refractivity (Wildman–Crippen MR) is 120 cm³/mol. The monoisotopic (exact) mass is 435 g/mol. The van der Waals surface area contributed by atoms with Gasteiger partial charge in [0.15, 0.2) is 0 Å². The van der Waals surface area contributed by atoms with Gasteiger partial charge in [-0.05, 0) is 69.5 Å². The van der Waals surface area contributed by atoms with Crippen molar-refractivity contribution in [1.82, 2.24) is 4.90 Å². The van der Waals surface area contributed by atoms with Crippen LogP contribution in [0.5, 0.6) is 5.75 Å².